The van der Waals surface area contributed by atoms with E-state index in [1.165, 1.54) is 6.07 Å². The Bertz CT molecular complexity index is 270. The molecular formula is C10H12FN. The molecule has 0 saturated heterocycles. The molecule has 0 aromatic heterocycles. The Balaban J connectivity index is 3.00. The van der Waals surface area contributed by atoms with Crippen LogP contribution in [0.1, 0.15) is 11.6 Å². The minimum absolute atomic E-state index is 0.105. The van der Waals surface area contributed by atoms with E-state index in [0.29, 0.717) is 5.56 Å². The second-order valence-corrected chi connectivity index (χ2v) is 2.52. The van der Waals surface area contributed by atoms with Gasteiger partial charge in [0.15, 0.2) is 0 Å². The molecule has 2 heteroatoms. The van der Waals surface area contributed by atoms with E-state index in [1.807, 2.05) is 6.07 Å². The monoisotopic (exact) mass is 165 g/mol. The van der Waals surface area contributed by atoms with Gasteiger partial charge in [0.25, 0.3) is 0 Å². The van der Waals surface area contributed by atoms with Gasteiger partial charge in [-0.1, -0.05) is 24.3 Å². The zero-order valence-electron chi connectivity index (χ0n) is 7.05. The average molecular weight is 165 g/mol. The average Bonchev–Trinajstić information content (AvgIpc) is 2.10. The molecule has 0 spiro atoms. The van der Waals surface area contributed by atoms with Crippen molar-refractivity contribution in [2.24, 2.45) is 0 Å². The van der Waals surface area contributed by atoms with Crippen LogP contribution in [0.2, 0.25) is 0 Å². The fourth-order valence-electron chi connectivity index (χ4n) is 1.13. The molecule has 0 fully saturated rings. The van der Waals surface area contributed by atoms with Crippen LogP contribution in [0.25, 0.3) is 0 Å². The summed E-state index contributed by atoms with van der Waals surface area (Å²) >= 11 is 0. The molecule has 1 unspecified atom stereocenters. The van der Waals surface area contributed by atoms with Gasteiger partial charge >= 0.3 is 0 Å². The van der Waals surface area contributed by atoms with E-state index in [9.17, 15) is 4.39 Å². The molecule has 0 bridgehead atoms. The molecule has 0 aliphatic rings. The van der Waals surface area contributed by atoms with Gasteiger partial charge in [0.2, 0.25) is 0 Å². The summed E-state index contributed by atoms with van der Waals surface area (Å²) in [6, 6.07) is 6.58. The largest absolute Gasteiger partial charge is 0.310 e. The van der Waals surface area contributed by atoms with Crippen LogP contribution >= 0.6 is 0 Å². The summed E-state index contributed by atoms with van der Waals surface area (Å²) < 4.78 is 13.1. The third kappa shape index (κ3) is 1.71. The minimum atomic E-state index is -0.197. The molecule has 1 N–H and O–H groups in total. The van der Waals surface area contributed by atoms with E-state index in [4.69, 9.17) is 0 Å². The lowest BCUT2D eigenvalue weighted by Gasteiger charge is -2.11. The Hall–Kier alpha value is -1.15. The van der Waals surface area contributed by atoms with Crippen molar-refractivity contribution in [1.29, 1.82) is 0 Å². The second-order valence-electron chi connectivity index (χ2n) is 2.52. The number of likely N-dealkylation sites (N-methyl/N-ethyl adjacent to an activating group) is 1. The van der Waals surface area contributed by atoms with Gasteiger partial charge in [0.1, 0.15) is 5.82 Å². The Morgan fingerprint density at radius 1 is 1.50 bits per heavy atom. The summed E-state index contributed by atoms with van der Waals surface area (Å²) in [5.41, 5.74) is 0.634. The van der Waals surface area contributed by atoms with Crippen molar-refractivity contribution in [3.8, 4) is 0 Å². The first kappa shape index (κ1) is 8.94. The first-order chi connectivity index (χ1) is 5.79. The molecule has 1 atom stereocenters. The van der Waals surface area contributed by atoms with Crippen LogP contribution in [0.4, 0.5) is 4.39 Å². The number of nitrogens with one attached hydrogen (secondary N) is 1. The highest BCUT2D eigenvalue weighted by atomic mass is 19.1. The molecule has 0 heterocycles. The van der Waals surface area contributed by atoms with Crippen molar-refractivity contribution in [1.82, 2.24) is 5.32 Å². The minimum Gasteiger partial charge on any atom is -0.310 e. The second kappa shape index (κ2) is 4.02. The van der Waals surface area contributed by atoms with Crippen LogP contribution < -0.4 is 5.32 Å². The predicted molar refractivity (Wildman–Crippen MR) is 48.4 cm³/mol. The Kier molecular flexibility index (Phi) is 3.00. The Morgan fingerprint density at radius 3 is 2.67 bits per heavy atom. The van der Waals surface area contributed by atoms with Gasteiger partial charge in [-0.3, -0.25) is 0 Å². The smallest absolute Gasteiger partial charge is 0.128 e. The number of hydrogen-bond donors (Lipinski definition) is 1. The number of rotatable bonds is 3. The van der Waals surface area contributed by atoms with Crippen LogP contribution in [-0.2, 0) is 0 Å². The molecule has 0 aliphatic carbocycles. The topological polar surface area (TPSA) is 12.0 Å². The molecule has 1 nitrogen and oxygen atoms in total. The lowest BCUT2D eigenvalue weighted by Crippen LogP contribution is -2.14. The summed E-state index contributed by atoms with van der Waals surface area (Å²) in [5, 5.41) is 2.95. The normalized spacial score (nSPS) is 12.5. The molecule has 0 radical (unpaired) electrons. The van der Waals surface area contributed by atoms with E-state index < -0.39 is 0 Å². The molecule has 0 saturated carbocycles. The summed E-state index contributed by atoms with van der Waals surface area (Å²) in [6.45, 7) is 3.62. The van der Waals surface area contributed by atoms with Crippen LogP contribution in [0.3, 0.4) is 0 Å². The van der Waals surface area contributed by atoms with Gasteiger partial charge in [0.05, 0.1) is 6.04 Å². The van der Waals surface area contributed by atoms with Crippen molar-refractivity contribution in [3.05, 3.63) is 48.3 Å². The summed E-state index contributed by atoms with van der Waals surface area (Å²) in [7, 11) is 1.78. The highest BCUT2D eigenvalue weighted by Gasteiger charge is 2.08. The molecule has 0 aliphatic heterocycles. The van der Waals surface area contributed by atoms with E-state index in [2.05, 4.69) is 11.9 Å². The molecule has 1 aromatic carbocycles. The van der Waals surface area contributed by atoms with Crippen molar-refractivity contribution >= 4 is 0 Å². The van der Waals surface area contributed by atoms with Gasteiger partial charge in [-0.15, -0.1) is 6.58 Å². The molecule has 64 valence electrons. The highest BCUT2D eigenvalue weighted by Crippen LogP contribution is 2.16. The predicted octanol–water partition coefficient (Wildman–Crippen LogP) is 2.27. The third-order valence-electron chi connectivity index (χ3n) is 1.79. The molecule has 1 aromatic rings. The first-order valence-corrected chi connectivity index (χ1v) is 3.84. The fraction of sp³-hybridized carbons (Fsp3) is 0.200. The summed E-state index contributed by atoms with van der Waals surface area (Å²) in [4.78, 5) is 0. The molecule has 12 heavy (non-hydrogen) atoms. The van der Waals surface area contributed by atoms with E-state index >= 15 is 0 Å². The Labute approximate surface area is 71.9 Å². The van der Waals surface area contributed by atoms with E-state index in [-0.39, 0.29) is 11.9 Å². The summed E-state index contributed by atoms with van der Waals surface area (Å²) in [6.07, 6.45) is 1.68. The fourth-order valence-corrected chi connectivity index (χ4v) is 1.13. The molecular weight excluding hydrogens is 153 g/mol. The van der Waals surface area contributed by atoms with Crippen LogP contribution in [0, 0.1) is 5.82 Å². The van der Waals surface area contributed by atoms with E-state index in [0.717, 1.165) is 0 Å². The third-order valence-corrected chi connectivity index (χ3v) is 1.79. The van der Waals surface area contributed by atoms with Gasteiger partial charge in [-0.25, -0.2) is 4.39 Å². The zero-order chi connectivity index (χ0) is 8.97. The maximum absolute atomic E-state index is 13.1. The number of halogens is 1. The molecule has 0 amide bonds. The summed E-state index contributed by atoms with van der Waals surface area (Å²) in [5.74, 6) is -0.197. The SMILES string of the molecule is C=CC(NC)c1ccccc1F. The van der Waals surface area contributed by atoms with Gasteiger partial charge in [-0.2, -0.15) is 0 Å². The standard InChI is InChI=1S/C10H12FN/c1-3-10(12-2)8-6-4-5-7-9(8)11/h3-7,10,12H,1H2,2H3. The van der Waals surface area contributed by atoms with Crippen molar-refractivity contribution in [3.63, 3.8) is 0 Å². The molecule has 1 rings (SSSR count). The van der Waals surface area contributed by atoms with Gasteiger partial charge in [-0.05, 0) is 13.1 Å². The van der Waals surface area contributed by atoms with Crippen molar-refractivity contribution < 1.29 is 4.39 Å². The number of benzene rings is 1. The van der Waals surface area contributed by atoms with Gasteiger partial charge in [0, 0.05) is 5.56 Å². The zero-order valence-corrected chi connectivity index (χ0v) is 7.05. The Morgan fingerprint density at radius 2 is 2.17 bits per heavy atom. The van der Waals surface area contributed by atoms with Crippen LogP contribution in [-0.4, -0.2) is 7.05 Å². The van der Waals surface area contributed by atoms with Crippen molar-refractivity contribution in [2.45, 2.75) is 6.04 Å². The highest BCUT2D eigenvalue weighted by molar-refractivity contribution is 5.24. The van der Waals surface area contributed by atoms with E-state index in [1.54, 1.807) is 25.3 Å². The lowest BCUT2D eigenvalue weighted by atomic mass is 10.1. The van der Waals surface area contributed by atoms with Crippen LogP contribution in [0.5, 0.6) is 0 Å². The van der Waals surface area contributed by atoms with Gasteiger partial charge < -0.3 is 5.32 Å². The quantitative estimate of drug-likeness (QED) is 0.677. The first-order valence-electron chi connectivity index (χ1n) is 3.84. The van der Waals surface area contributed by atoms with Crippen molar-refractivity contribution in [2.75, 3.05) is 7.05 Å². The number of hydrogen-bond acceptors (Lipinski definition) is 1. The maximum atomic E-state index is 13.1. The van der Waals surface area contributed by atoms with Crippen LogP contribution in [0.15, 0.2) is 36.9 Å². The lowest BCUT2D eigenvalue weighted by molar-refractivity contribution is 0.582. The maximum Gasteiger partial charge on any atom is 0.128 e.